The Morgan fingerprint density at radius 3 is 2.58 bits per heavy atom. The lowest BCUT2D eigenvalue weighted by Gasteiger charge is -2.41. The van der Waals surface area contributed by atoms with E-state index in [1.807, 2.05) is 0 Å². The molecule has 24 heavy (non-hydrogen) atoms. The molecule has 2 fully saturated rings. The Morgan fingerprint density at radius 2 is 1.92 bits per heavy atom. The van der Waals surface area contributed by atoms with Gasteiger partial charge < -0.3 is 14.7 Å². The summed E-state index contributed by atoms with van der Waals surface area (Å²) in [4.78, 5) is 30.5. The summed E-state index contributed by atoms with van der Waals surface area (Å²) < 4.78 is 13.9. The van der Waals surface area contributed by atoms with Crippen LogP contribution in [0, 0.1) is 11.7 Å². The van der Waals surface area contributed by atoms with E-state index in [1.165, 1.54) is 6.07 Å². The zero-order valence-electron chi connectivity index (χ0n) is 14.4. The van der Waals surface area contributed by atoms with E-state index >= 15 is 0 Å². The van der Waals surface area contributed by atoms with Crippen molar-refractivity contribution in [3.63, 3.8) is 0 Å². The fraction of sp³-hybridized carbons (Fsp3) is 0.556. The molecule has 3 amide bonds. The summed E-state index contributed by atoms with van der Waals surface area (Å²) in [5, 5.41) is 0. The Hall–Kier alpha value is -2.11. The van der Waals surface area contributed by atoms with Gasteiger partial charge in [-0.15, -0.1) is 0 Å². The number of hydrogen-bond donors (Lipinski definition) is 0. The number of nitrogens with zero attached hydrogens (tertiary/aromatic N) is 3. The molecule has 2 heterocycles. The maximum absolute atomic E-state index is 13.9. The number of urea groups is 1. The van der Waals surface area contributed by atoms with Crippen LogP contribution >= 0.6 is 0 Å². The van der Waals surface area contributed by atoms with Crippen LogP contribution in [0.15, 0.2) is 24.3 Å². The number of benzene rings is 1. The molecule has 1 aromatic rings. The zero-order chi connectivity index (χ0) is 17.4. The average molecular weight is 333 g/mol. The van der Waals surface area contributed by atoms with Gasteiger partial charge in [-0.25, -0.2) is 9.18 Å². The summed E-state index contributed by atoms with van der Waals surface area (Å²) in [5.41, 5.74) is 0.505. The van der Waals surface area contributed by atoms with Crippen molar-refractivity contribution < 1.29 is 14.0 Å². The van der Waals surface area contributed by atoms with Crippen molar-refractivity contribution in [3.05, 3.63) is 35.6 Å². The van der Waals surface area contributed by atoms with Gasteiger partial charge in [-0.05, 0) is 18.4 Å². The van der Waals surface area contributed by atoms with Crippen molar-refractivity contribution in [3.8, 4) is 0 Å². The summed E-state index contributed by atoms with van der Waals surface area (Å²) in [7, 11) is 1.79. The minimum atomic E-state index is -0.410. The van der Waals surface area contributed by atoms with Gasteiger partial charge in [0.05, 0.1) is 12.6 Å². The van der Waals surface area contributed by atoms with Crippen LogP contribution in [-0.2, 0) is 11.3 Å². The molecule has 0 radical (unpaired) electrons. The summed E-state index contributed by atoms with van der Waals surface area (Å²) in [6, 6.07) is 5.92. The van der Waals surface area contributed by atoms with Crippen molar-refractivity contribution in [1.29, 1.82) is 0 Å². The summed E-state index contributed by atoms with van der Waals surface area (Å²) in [6.45, 7) is 5.40. The SMILES string of the molecule is CC(C)C[C@H]1C(=O)N(C)C[C@@H]2CN(Cc3ccccc3F)C(=O)N21. The first-order valence-electron chi connectivity index (χ1n) is 8.44. The molecule has 130 valence electrons. The number of rotatable bonds is 4. The van der Waals surface area contributed by atoms with Gasteiger partial charge in [0.25, 0.3) is 0 Å². The fourth-order valence-electron chi connectivity index (χ4n) is 3.68. The molecule has 6 heteroatoms. The highest BCUT2D eigenvalue weighted by Crippen LogP contribution is 2.29. The van der Waals surface area contributed by atoms with E-state index in [0.29, 0.717) is 31.0 Å². The van der Waals surface area contributed by atoms with Crippen molar-refractivity contribution in [2.75, 3.05) is 20.1 Å². The Balaban J connectivity index is 1.82. The number of piperazine rings is 1. The smallest absolute Gasteiger partial charge is 0.321 e. The summed E-state index contributed by atoms with van der Waals surface area (Å²) in [6.07, 6.45) is 0.652. The molecule has 3 rings (SSSR count). The quantitative estimate of drug-likeness (QED) is 0.849. The van der Waals surface area contributed by atoms with E-state index in [1.54, 1.807) is 39.9 Å². The number of halogens is 1. The molecule has 0 bridgehead atoms. The molecular weight excluding hydrogens is 309 g/mol. The van der Waals surface area contributed by atoms with Crippen LogP contribution in [-0.4, -0.2) is 58.9 Å². The number of amides is 3. The molecule has 0 aromatic heterocycles. The van der Waals surface area contributed by atoms with Crippen molar-refractivity contribution in [2.24, 2.45) is 5.92 Å². The standard InChI is InChI=1S/C18H24FN3O2/c1-12(2)8-16-17(23)20(3)10-14-11-21(18(24)22(14)16)9-13-6-4-5-7-15(13)19/h4-7,12,14,16H,8-11H2,1-3H3/t14-,16+/m1/s1. The lowest BCUT2D eigenvalue weighted by molar-refractivity contribution is -0.140. The number of hydrogen-bond acceptors (Lipinski definition) is 2. The van der Waals surface area contributed by atoms with Gasteiger partial charge in [-0.2, -0.15) is 0 Å². The summed E-state index contributed by atoms with van der Waals surface area (Å²) in [5.74, 6) is 0.0163. The second-order valence-corrected chi connectivity index (χ2v) is 7.18. The molecule has 0 spiro atoms. The van der Waals surface area contributed by atoms with E-state index in [4.69, 9.17) is 0 Å². The first-order valence-corrected chi connectivity index (χ1v) is 8.44. The third-order valence-corrected chi connectivity index (χ3v) is 4.81. The van der Waals surface area contributed by atoms with E-state index in [-0.39, 0.29) is 30.3 Å². The third kappa shape index (κ3) is 2.97. The third-order valence-electron chi connectivity index (χ3n) is 4.81. The maximum Gasteiger partial charge on any atom is 0.321 e. The second kappa shape index (κ2) is 6.42. The van der Waals surface area contributed by atoms with Crippen molar-refractivity contribution >= 4 is 11.9 Å². The van der Waals surface area contributed by atoms with Crippen LogP contribution in [0.3, 0.4) is 0 Å². The minimum Gasteiger partial charge on any atom is -0.342 e. The van der Waals surface area contributed by atoms with Crippen LogP contribution in [0.25, 0.3) is 0 Å². The van der Waals surface area contributed by atoms with Crippen molar-refractivity contribution in [1.82, 2.24) is 14.7 Å². The highest BCUT2D eigenvalue weighted by molar-refractivity contribution is 5.89. The Labute approximate surface area is 142 Å². The van der Waals surface area contributed by atoms with Gasteiger partial charge in [0.15, 0.2) is 0 Å². The van der Waals surface area contributed by atoms with Gasteiger partial charge in [0, 0.05) is 25.7 Å². The van der Waals surface area contributed by atoms with Gasteiger partial charge in [0.1, 0.15) is 11.9 Å². The first kappa shape index (κ1) is 16.7. The number of likely N-dealkylation sites (N-methyl/N-ethyl adjacent to an activating group) is 1. The minimum absolute atomic E-state index is 0.000965. The van der Waals surface area contributed by atoms with Crippen LogP contribution in [0.1, 0.15) is 25.8 Å². The molecular formula is C18H24FN3O2. The van der Waals surface area contributed by atoms with Crippen molar-refractivity contribution in [2.45, 2.75) is 38.9 Å². The molecule has 0 saturated carbocycles. The second-order valence-electron chi connectivity index (χ2n) is 7.18. The normalized spacial score (nSPS) is 24.1. The van der Waals surface area contributed by atoms with Gasteiger partial charge in [-0.3, -0.25) is 4.79 Å². The molecule has 0 N–H and O–H groups in total. The number of carbonyl (C=O) groups is 2. The van der Waals surface area contributed by atoms with Crippen LogP contribution in [0.4, 0.5) is 9.18 Å². The van der Waals surface area contributed by atoms with Crippen LogP contribution in [0.2, 0.25) is 0 Å². The Morgan fingerprint density at radius 1 is 1.21 bits per heavy atom. The maximum atomic E-state index is 13.9. The molecule has 1 aromatic carbocycles. The molecule has 2 aliphatic rings. The molecule has 0 aliphatic carbocycles. The molecule has 5 nitrogen and oxygen atoms in total. The predicted octanol–water partition coefficient (Wildman–Crippen LogP) is 2.32. The fourth-order valence-corrected chi connectivity index (χ4v) is 3.68. The topological polar surface area (TPSA) is 43.9 Å². The molecule has 0 unspecified atom stereocenters. The van der Waals surface area contributed by atoms with E-state index < -0.39 is 6.04 Å². The van der Waals surface area contributed by atoms with E-state index in [2.05, 4.69) is 13.8 Å². The van der Waals surface area contributed by atoms with E-state index in [0.717, 1.165) is 0 Å². The summed E-state index contributed by atoms with van der Waals surface area (Å²) >= 11 is 0. The highest BCUT2D eigenvalue weighted by Gasteiger charge is 2.48. The number of fused-ring (bicyclic) bond motifs is 1. The van der Waals surface area contributed by atoms with Gasteiger partial charge in [0.2, 0.25) is 5.91 Å². The molecule has 2 atom stereocenters. The lowest BCUT2D eigenvalue weighted by atomic mass is 9.98. The van der Waals surface area contributed by atoms with Gasteiger partial charge in [-0.1, -0.05) is 32.0 Å². The molecule has 2 saturated heterocycles. The van der Waals surface area contributed by atoms with Crippen LogP contribution < -0.4 is 0 Å². The largest absolute Gasteiger partial charge is 0.342 e. The van der Waals surface area contributed by atoms with Crippen LogP contribution in [0.5, 0.6) is 0 Å². The average Bonchev–Trinajstić information content (AvgIpc) is 2.82. The first-order chi connectivity index (χ1) is 11.4. The van der Waals surface area contributed by atoms with E-state index in [9.17, 15) is 14.0 Å². The predicted molar refractivity (Wildman–Crippen MR) is 88.7 cm³/mol. The number of carbonyl (C=O) groups excluding carboxylic acids is 2. The highest BCUT2D eigenvalue weighted by atomic mass is 19.1. The Kier molecular flexibility index (Phi) is 4.47. The Bertz CT molecular complexity index is 649. The monoisotopic (exact) mass is 333 g/mol. The lowest BCUT2D eigenvalue weighted by Crippen LogP contribution is -2.60. The van der Waals surface area contributed by atoms with Gasteiger partial charge >= 0.3 is 6.03 Å². The zero-order valence-corrected chi connectivity index (χ0v) is 14.4. The molecule has 2 aliphatic heterocycles.